The minimum atomic E-state index is -1.54. The van der Waals surface area contributed by atoms with Crippen molar-refractivity contribution in [3.8, 4) is 0 Å². The zero-order valence-electron chi connectivity index (χ0n) is 17.0. The lowest BCUT2D eigenvalue weighted by molar-refractivity contribution is 0.0515. The summed E-state index contributed by atoms with van der Waals surface area (Å²) < 4.78 is 60.1. The smallest absolute Gasteiger partial charge is 0.132 e. The first-order valence-electron chi connectivity index (χ1n) is 10.0. The maximum atomic E-state index is 15.1. The van der Waals surface area contributed by atoms with Crippen LogP contribution in [0.5, 0.6) is 0 Å². The van der Waals surface area contributed by atoms with E-state index in [1.165, 1.54) is 25.1 Å². The van der Waals surface area contributed by atoms with E-state index < -0.39 is 23.3 Å². The van der Waals surface area contributed by atoms with Crippen LogP contribution in [0.25, 0.3) is 10.9 Å². The Morgan fingerprint density at radius 1 is 1.17 bits per heavy atom. The van der Waals surface area contributed by atoms with Gasteiger partial charge in [0.25, 0.3) is 0 Å². The average Bonchev–Trinajstić information content (AvgIpc) is 3.02. The second-order valence-corrected chi connectivity index (χ2v) is 9.27. The summed E-state index contributed by atoms with van der Waals surface area (Å²) in [7, 11) is 0. The van der Waals surface area contributed by atoms with Gasteiger partial charge in [-0.3, -0.25) is 4.90 Å². The highest BCUT2D eigenvalue weighted by atomic mass is 79.9. The highest BCUT2D eigenvalue weighted by molar-refractivity contribution is 9.10. The molecular weight excluding hydrogens is 460 g/mol. The van der Waals surface area contributed by atoms with Gasteiger partial charge in [0.1, 0.15) is 23.1 Å². The zero-order valence-corrected chi connectivity index (χ0v) is 18.6. The lowest BCUT2D eigenvalue weighted by Gasteiger charge is -2.43. The Hall–Kier alpha value is -1.86. The molecule has 0 saturated heterocycles. The Labute approximate surface area is 181 Å². The summed E-state index contributed by atoms with van der Waals surface area (Å²) >= 11 is 3.12. The molecule has 160 valence electrons. The molecule has 1 N–H and O–H groups in total. The minimum absolute atomic E-state index is 0.00155. The lowest BCUT2D eigenvalue weighted by Crippen LogP contribution is -2.48. The number of H-pyrrole nitrogens is 1. The molecule has 0 bridgehead atoms. The number of aromatic nitrogens is 1. The Bertz CT molecular complexity index is 1090. The van der Waals surface area contributed by atoms with Gasteiger partial charge in [-0.25, -0.2) is 17.6 Å². The van der Waals surface area contributed by atoms with E-state index in [0.29, 0.717) is 28.6 Å². The van der Waals surface area contributed by atoms with Gasteiger partial charge in [-0.1, -0.05) is 28.9 Å². The van der Waals surface area contributed by atoms with Crippen molar-refractivity contribution >= 4 is 26.8 Å². The normalized spacial score (nSPS) is 21.6. The van der Waals surface area contributed by atoms with Crippen LogP contribution in [-0.2, 0) is 6.42 Å². The van der Waals surface area contributed by atoms with Crippen LogP contribution in [-0.4, -0.2) is 28.1 Å². The van der Waals surface area contributed by atoms with Gasteiger partial charge in [-0.15, -0.1) is 0 Å². The van der Waals surface area contributed by atoms with Gasteiger partial charge in [0.2, 0.25) is 0 Å². The summed E-state index contributed by atoms with van der Waals surface area (Å²) in [6, 6.07) is 5.96. The van der Waals surface area contributed by atoms with Gasteiger partial charge in [0.05, 0.1) is 6.04 Å². The van der Waals surface area contributed by atoms with E-state index in [2.05, 4.69) is 20.9 Å². The van der Waals surface area contributed by atoms with Crippen molar-refractivity contribution in [1.82, 2.24) is 9.88 Å². The molecule has 3 atom stereocenters. The predicted octanol–water partition coefficient (Wildman–Crippen LogP) is 6.82. The Morgan fingerprint density at radius 2 is 1.83 bits per heavy atom. The van der Waals surface area contributed by atoms with Crippen LogP contribution in [0.3, 0.4) is 0 Å². The molecule has 1 aromatic heterocycles. The minimum Gasteiger partial charge on any atom is -0.356 e. The topological polar surface area (TPSA) is 19.0 Å². The highest BCUT2D eigenvalue weighted by Gasteiger charge is 2.41. The Kier molecular flexibility index (Phi) is 5.47. The summed E-state index contributed by atoms with van der Waals surface area (Å²) in [5.41, 5.74) is 0.0695. The SMILES string of the molecule is CCC(C)(F)CN1C(C)Cc2c([nH]c3cccc(F)c23)C1c1c(F)cc(Br)cc1F. The monoisotopic (exact) mass is 482 g/mol. The fraction of sp³-hybridized carbons (Fsp3) is 0.391. The molecule has 7 heteroatoms. The van der Waals surface area contributed by atoms with Crippen LogP contribution in [0.4, 0.5) is 17.6 Å². The Balaban J connectivity index is 1.99. The van der Waals surface area contributed by atoms with E-state index in [0.717, 1.165) is 0 Å². The molecule has 3 aromatic rings. The van der Waals surface area contributed by atoms with E-state index in [1.807, 2.05) is 6.92 Å². The van der Waals surface area contributed by atoms with Crippen LogP contribution < -0.4 is 0 Å². The molecule has 1 aliphatic rings. The number of rotatable bonds is 4. The lowest BCUT2D eigenvalue weighted by atomic mass is 9.86. The molecule has 2 heterocycles. The standard InChI is InChI=1S/C23H23BrF4N2/c1-4-23(3,28)11-30-12(2)8-14-19-15(25)6-5-7-18(19)29-21(14)22(30)20-16(26)9-13(24)10-17(20)27/h5-7,9-10,12,22,29H,4,8,11H2,1-3H3. The van der Waals surface area contributed by atoms with Gasteiger partial charge in [0.15, 0.2) is 0 Å². The van der Waals surface area contributed by atoms with E-state index >= 15 is 13.2 Å². The van der Waals surface area contributed by atoms with Crippen molar-refractivity contribution in [2.45, 2.75) is 51.4 Å². The molecule has 0 saturated carbocycles. The molecule has 3 unspecified atom stereocenters. The van der Waals surface area contributed by atoms with E-state index in [9.17, 15) is 4.39 Å². The van der Waals surface area contributed by atoms with Crippen molar-refractivity contribution in [3.05, 3.63) is 69.1 Å². The van der Waals surface area contributed by atoms with Crippen molar-refractivity contribution in [1.29, 1.82) is 0 Å². The molecule has 0 radical (unpaired) electrons. The first-order valence-corrected chi connectivity index (χ1v) is 10.8. The molecular formula is C23H23BrF4N2. The first kappa shape index (κ1) is 21.4. The van der Waals surface area contributed by atoms with Crippen LogP contribution >= 0.6 is 15.9 Å². The summed E-state index contributed by atoms with van der Waals surface area (Å²) in [4.78, 5) is 4.97. The van der Waals surface area contributed by atoms with E-state index in [-0.39, 0.29) is 34.9 Å². The molecule has 4 rings (SSSR count). The number of hydrogen-bond donors (Lipinski definition) is 1. The van der Waals surface area contributed by atoms with Crippen molar-refractivity contribution < 1.29 is 17.6 Å². The fourth-order valence-electron chi connectivity index (χ4n) is 4.43. The maximum Gasteiger partial charge on any atom is 0.132 e. The second kappa shape index (κ2) is 7.68. The fourth-order valence-corrected chi connectivity index (χ4v) is 4.83. The summed E-state index contributed by atoms with van der Waals surface area (Å²) in [5, 5.41) is 0.431. The first-order chi connectivity index (χ1) is 14.1. The van der Waals surface area contributed by atoms with Gasteiger partial charge < -0.3 is 4.98 Å². The van der Waals surface area contributed by atoms with E-state index in [1.54, 1.807) is 24.0 Å². The van der Waals surface area contributed by atoms with Gasteiger partial charge in [-0.05, 0) is 56.5 Å². The molecule has 1 aliphatic heterocycles. The number of hydrogen-bond acceptors (Lipinski definition) is 1. The van der Waals surface area contributed by atoms with Crippen molar-refractivity contribution in [2.24, 2.45) is 0 Å². The third kappa shape index (κ3) is 3.56. The zero-order chi connectivity index (χ0) is 21.8. The largest absolute Gasteiger partial charge is 0.356 e. The number of halogens is 5. The van der Waals surface area contributed by atoms with Crippen LogP contribution in [0.1, 0.15) is 50.1 Å². The van der Waals surface area contributed by atoms with Gasteiger partial charge in [-0.2, -0.15) is 0 Å². The average molecular weight is 483 g/mol. The molecule has 0 spiro atoms. The summed E-state index contributed by atoms with van der Waals surface area (Å²) in [5.74, 6) is -1.84. The quantitative estimate of drug-likeness (QED) is 0.404. The van der Waals surface area contributed by atoms with Crippen LogP contribution in [0, 0.1) is 17.5 Å². The second-order valence-electron chi connectivity index (χ2n) is 8.36. The van der Waals surface area contributed by atoms with Gasteiger partial charge in [0, 0.05) is 39.2 Å². The van der Waals surface area contributed by atoms with Crippen molar-refractivity contribution in [3.63, 3.8) is 0 Å². The van der Waals surface area contributed by atoms with E-state index in [4.69, 9.17) is 0 Å². The Morgan fingerprint density at radius 3 is 2.47 bits per heavy atom. The summed E-state index contributed by atoms with van der Waals surface area (Å²) in [6.45, 7) is 5.12. The maximum absolute atomic E-state index is 15.1. The van der Waals surface area contributed by atoms with Crippen molar-refractivity contribution in [2.75, 3.05) is 6.54 Å². The third-order valence-electron chi connectivity index (χ3n) is 6.15. The molecule has 2 aromatic carbocycles. The third-order valence-corrected chi connectivity index (χ3v) is 6.61. The summed E-state index contributed by atoms with van der Waals surface area (Å²) in [6.07, 6.45) is 0.717. The molecule has 0 fully saturated rings. The van der Waals surface area contributed by atoms with Crippen LogP contribution in [0.2, 0.25) is 0 Å². The highest BCUT2D eigenvalue weighted by Crippen LogP contribution is 2.44. The number of nitrogens with zero attached hydrogens (tertiary/aromatic N) is 1. The number of aromatic amines is 1. The molecule has 0 aliphatic carbocycles. The number of fused-ring (bicyclic) bond motifs is 3. The number of alkyl halides is 1. The molecule has 30 heavy (non-hydrogen) atoms. The predicted molar refractivity (Wildman–Crippen MR) is 114 cm³/mol. The van der Waals surface area contributed by atoms with Crippen LogP contribution in [0.15, 0.2) is 34.8 Å². The number of benzene rings is 2. The number of nitrogens with one attached hydrogen (secondary N) is 1. The molecule has 2 nitrogen and oxygen atoms in total. The molecule has 0 amide bonds. The van der Waals surface area contributed by atoms with Gasteiger partial charge >= 0.3 is 0 Å².